The van der Waals surface area contributed by atoms with Crippen LogP contribution in [0.5, 0.6) is 0 Å². The smallest absolute Gasteiger partial charge is 0.246 e. The molecule has 2 unspecified atom stereocenters. The molecule has 1 aliphatic rings. The highest BCUT2D eigenvalue weighted by atomic mass is 32.2. The van der Waals surface area contributed by atoms with E-state index in [-0.39, 0.29) is 10.9 Å². The number of rotatable bonds is 5. The van der Waals surface area contributed by atoms with Crippen LogP contribution in [0.15, 0.2) is 23.4 Å². The van der Waals surface area contributed by atoms with Gasteiger partial charge >= 0.3 is 0 Å². The average Bonchev–Trinajstić information content (AvgIpc) is 2.48. The molecule has 0 saturated heterocycles. The van der Waals surface area contributed by atoms with E-state index < -0.39 is 16.1 Å². The van der Waals surface area contributed by atoms with Crippen LogP contribution in [0.25, 0.3) is 0 Å². The predicted octanol–water partition coefficient (Wildman–Crippen LogP) is 1.44. The first-order chi connectivity index (χ1) is 9.98. The van der Waals surface area contributed by atoms with Crippen molar-refractivity contribution < 1.29 is 13.5 Å². The first-order valence-corrected chi connectivity index (χ1v) is 8.76. The number of aliphatic hydroxyl groups is 1. The minimum atomic E-state index is -3.68. The molecule has 1 aromatic heterocycles. The van der Waals surface area contributed by atoms with E-state index in [4.69, 9.17) is 0 Å². The second kappa shape index (κ2) is 6.72. The lowest BCUT2D eigenvalue weighted by atomic mass is 9.93. The summed E-state index contributed by atoms with van der Waals surface area (Å²) in [5.41, 5.74) is 0.546. The number of hydrogen-bond acceptors (Lipinski definition) is 5. The average molecular weight is 313 g/mol. The third-order valence-corrected chi connectivity index (χ3v) is 5.88. The molecule has 0 aromatic carbocycles. The van der Waals surface area contributed by atoms with Gasteiger partial charge in [-0.3, -0.25) is 4.98 Å². The molecule has 1 saturated carbocycles. The normalized spacial score (nSPS) is 23.2. The SMILES string of the molecule is CCNc1ccncc1S(=O)(=O)N(C)C1CCCCC1O. The van der Waals surface area contributed by atoms with Crippen LogP contribution < -0.4 is 5.32 Å². The maximum atomic E-state index is 12.8. The minimum Gasteiger partial charge on any atom is -0.391 e. The van der Waals surface area contributed by atoms with Crippen LogP contribution in [0.3, 0.4) is 0 Å². The zero-order valence-electron chi connectivity index (χ0n) is 12.5. The summed E-state index contributed by atoms with van der Waals surface area (Å²) in [7, 11) is -2.14. The van der Waals surface area contributed by atoms with Gasteiger partial charge < -0.3 is 10.4 Å². The second-order valence-corrected chi connectivity index (χ2v) is 7.31. The summed E-state index contributed by atoms with van der Waals surface area (Å²) in [6.45, 7) is 2.54. The van der Waals surface area contributed by atoms with Crippen molar-refractivity contribution in [2.45, 2.75) is 49.6 Å². The zero-order chi connectivity index (χ0) is 15.5. The van der Waals surface area contributed by atoms with Crippen LogP contribution in [0.1, 0.15) is 32.6 Å². The van der Waals surface area contributed by atoms with E-state index in [1.807, 2.05) is 6.92 Å². The fraction of sp³-hybridized carbons (Fsp3) is 0.643. The summed E-state index contributed by atoms with van der Waals surface area (Å²) in [5.74, 6) is 0. The van der Waals surface area contributed by atoms with Crippen LogP contribution in [0, 0.1) is 0 Å². The molecule has 21 heavy (non-hydrogen) atoms. The molecule has 7 heteroatoms. The van der Waals surface area contributed by atoms with Gasteiger partial charge in [-0.25, -0.2) is 8.42 Å². The summed E-state index contributed by atoms with van der Waals surface area (Å²) < 4.78 is 26.9. The molecule has 1 aromatic rings. The Balaban J connectivity index is 2.32. The van der Waals surface area contributed by atoms with Gasteiger partial charge in [0.2, 0.25) is 10.0 Å². The zero-order valence-corrected chi connectivity index (χ0v) is 13.3. The van der Waals surface area contributed by atoms with E-state index in [2.05, 4.69) is 10.3 Å². The Morgan fingerprint density at radius 1 is 1.43 bits per heavy atom. The Kier molecular flexibility index (Phi) is 5.18. The lowest BCUT2D eigenvalue weighted by molar-refractivity contribution is 0.0638. The third kappa shape index (κ3) is 3.36. The Morgan fingerprint density at radius 2 is 2.14 bits per heavy atom. The van der Waals surface area contributed by atoms with Gasteiger partial charge in [-0.15, -0.1) is 0 Å². The standard InChI is InChI=1S/C14H23N3O3S/c1-3-16-11-8-9-15-10-14(11)21(19,20)17(2)12-6-4-5-7-13(12)18/h8-10,12-13,18H,3-7H2,1-2H3,(H,15,16). The number of nitrogens with zero attached hydrogens (tertiary/aromatic N) is 2. The highest BCUT2D eigenvalue weighted by molar-refractivity contribution is 7.89. The summed E-state index contributed by atoms with van der Waals surface area (Å²) >= 11 is 0. The number of likely N-dealkylation sites (N-methyl/N-ethyl adjacent to an activating group) is 1. The summed E-state index contributed by atoms with van der Waals surface area (Å²) in [4.78, 5) is 4.09. The predicted molar refractivity (Wildman–Crippen MR) is 81.6 cm³/mol. The minimum absolute atomic E-state index is 0.159. The molecule has 1 heterocycles. The molecule has 1 aliphatic carbocycles. The van der Waals surface area contributed by atoms with Crippen LogP contribution in [-0.4, -0.2) is 48.6 Å². The van der Waals surface area contributed by atoms with Crippen molar-refractivity contribution in [3.8, 4) is 0 Å². The van der Waals surface area contributed by atoms with E-state index in [9.17, 15) is 13.5 Å². The van der Waals surface area contributed by atoms with Crippen LogP contribution in [-0.2, 0) is 10.0 Å². The molecular formula is C14H23N3O3S. The number of nitrogens with one attached hydrogen (secondary N) is 1. The molecule has 1 fully saturated rings. The molecule has 6 nitrogen and oxygen atoms in total. The van der Waals surface area contributed by atoms with Gasteiger partial charge in [-0.05, 0) is 25.8 Å². The van der Waals surface area contributed by atoms with Crippen molar-refractivity contribution in [3.63, 3.8) is 0 Å². The van der Waals surface area contributed by atoms with E-state index >= 15 is 0 Å². The number of sulfonamides is 1. The molecule has 0 amide bonds. The summed E-state index contributed by atoms with van der Waals surface area (Å²) in [6.07, 6.45) is 5.55. The lowest BCUT2D eigenvalue weighted by Crippen LogP contribution is -2.46. The van der Waals surface area contributed by atoms with Crippen molar-refractivity contribution in [1.29, 1.82) is 0 Å². The largest absolute Gasteiger partial charge is 0.391 e. The number of hydrogen-bond donors (Lipinski definition) is 2. The molecule has 0 spiro atoms. The fourth-order valence-corrected chi connectivity index (χ4v) is 4.30. The number of pyridine rings is 1. The van der Waals surface area contributed by atoms with E-state index in [1.165, 1.54) is 17.5 Å². The second-order valence-electron chi connectivity index (χ2n) is 5.34. The number of aliphatic hydroxyl groups excluding tert-OH is 1. The van der Waals surface area contributed by atoms with Crippen LogP contribution >= 0.6 is 0 Å². The molecular weight excluding hydrogens is 290 g/mol. The third-order valence-electron chi connectivity index (χ3n) is 3.97. The van der Waals surface area contributed by atoms with Crippen LogP contribution in [0.4, 0.5) is 5.69 Å². The van der Waals surface area contributed by atoms with Gasteiger partial charge in [0.05, 0.1) is 17.8 Å². The maximum absolute atomic E-state index is 12.8. The topological polar surface area (TPSA) is 82.5 Å². The van der Waals surface area contributed by atoms with Gasteiger partial charge in [0.1, 0.15) is 4.90 Å². The molecule has 2 rings (SSSR count). The Morgan fingerprint density at radius 3 is 2.81 bits per heavy atom. The highest BCUT2D eigenvalue weighted by Crippen LogP contribution is 2.29. The van der Waals surface area contributed by atoms with Gasteiger partial charge in [0, 0.05) is 26.0 Å². The van der Waals surface area contributed by atoms with Crippen molar-refractivity contribution >= 4 is 15.7 Å². The number of aromatic nitrogens is 1. The van der Waals surface area contributed by atoms with Crippen molar-refractivity contribution in [1.82, 2.24) is 9.29 Å². The molecule has 2 atom stereocenters. The van der Waals surface area contributed by atoms with Gasteiger partial charge in [0.15, 0.2) is 0 Å². The van der Waals surface area contributed by atoms with Gasteiger partial charge in [-0.2, -0.15) is 4.31 Å². The first-order valence-electron chi connectivity index (χ1n) is 7.32. The highest BCUT2D eigenvalue weighted by Gasteiger charge is 2.35. The molecule has 0 radical (unpaired) electrons. The summed E-state index contributed by atoms with van der Waals surface area (Å²) in [5, 5.41) is 13.1. The van der Waals surface area contributed by atoms with Crippen molar-refractivity contribution in [2.24, 2.45) is 0 Å². The maximum Gasteiger partial charge on any atom is 0.246 e. The molecule has 0 aliphatic heterocycles. The Bertz CT molecular complexity index is 577. The molecule has 118 valence electrons. The Hall–Kier alpha value is -1.18. The van der Waals surface area contributed by atoms with Crippen molar-refractivity contribution in [3.05, 3.63) is 18.5 Å². The van der Waals surface area contributed by atoms with Crippen LogP contribution in [0.2, 0.25) is 0 Å². The van der Waals surface area contributed by atoms with Crippen molar-refractivity contribution in [2.75, 3.05) is 18.9 Å². The molecule has 2 N–H and O–H groups in total. The summed E-state index contributed by atoms with van der Waals surface area (Å²) in [6, 6.07) is 1.29. The molecule has 0 bridgehead atoms. The Labute approximate surface area is 126 Å². The van der Waals surface area contributed by atoms with Gasteiger partial charge in [-0.1, -0.05) is 12.8 Å². The quantitative estimate of drug-likeness (QED) is 0.859. The van der Waals surface area contributed by atoms with E-state index in [1.54, 1.807) is 12.3 Å². The monoisotopic (exact) mass is 313 g/mol. The van der Waals surface area contributed by atoms with E-state index in [0.29, 0.717) is 25.1 Å². The number of anilines is 1. The van der Waals surface area contributed by atoms with Gasteiger partial charge in [0.25, 0.3) is 0 Å². The lowest BCUT2D eigenvalue weighted by Gasteiger charge is -2.34. The fourth-order valence-electron chi connectivity index (χ4n) is 2.77. The van der Waals surface area contributed by atoms with E-state index in [0.717, 1.165) is 12.8 Å². The first kappa shape index (κ1) is 16.2.